The van der Waals surface area contributed by atoms with Crippen LogP contribution < -0.4 is 10.9 Å². The van der Waals surface area contributed by atoms with Crippen LogP contribution in [-0.4, -0.2) is 61.4 Å². The van der Waals surface area contributed by atoms with Crippen LogP contribution in [0.5, 0.6) is 0 Å². The highest BCUT2D eigenvalue weighted by atomic mass is 32.2. The summed E-state index contributed by atoms with van der Waals surface area (Å²) in [5, 5.41) is 4.88. The van der Waals surface area contributed by atoms with Crippen molar-refractivity contribution in [3.63, 3.8) is 0 Å². The molecule has 1 aliphatic heterocycles. The van der Waals surface area contributed by atoms with Crippen LogP contribution in [0.25, 0.3) is 0 Å². The van der Waals surface area contributed by atoms with Crippen molar-refractivity contribution in [3.8, 4) is 0 Å². The van der Waals surface area contributed by atoms with Gasteiger partial charge in [0.2, 0.25) is 0 Å². The molecule has 1 saturated heterocycles. The second-order valence-corrected chi connectivity index (χ2v) is 5.98. The normalized spacial score (nSPS) is 22.1. The molecule has 0 aliphatic carbocycles. The molecule has 1 aliphatic rings. The van der Waals surface area contributed by atoms with E-state index < -0.39 is 27.8 Å². The Morgan fingerprint density at radius 3 is 1.89 bits per heavy atom. The van der Waals surface area contributed by atoms with E-state index in [1.807, 2.05) is 0 Å². The van der Waals surface area contributed by atoms with Gasteiger partial charge in [-0.1, -0.05) is 0 Å². The molecule has 4 N–H and O–H groups in total. The first kappa shape index (κ1) is 16.1. The molecule has 19 heavy (non-hydrogen) atoms. The first-order valence-corrected chi connectivity index (χ1v) is 6.80. The Labute approximate surface area is 108 Å². The van der Waals surface area contributed by atoms with Crippen LogP contribution in [0.15, 0.2) is 0 Å². The molecule has 1 unspecified atom stereocenters. The molecule has 1 heterocycles. The monoisotopic (exact) mass is 304 g/mol. The lowest BCUT2D eigenvalue weighted by Gasteiger charge is -2.37. The smallest absolute Gasteiger partial charge is 0.338 e. The van der Waals surface area contributed by atoms with Crippen molar-refractivity contribution in [2.24, 2.45) is 10.9 Å². The Balaban J connectivity index is 2.74. The lowest BCUT2D eigenvalue weighted by atomic mass is 10.0. The molecule has 1 fully saturated rings. The van der Waals surface area contributed by atoms with E-state index in [4.69, 9.17) is 10.9 Å². The molecule has 1 rings (SSSR count). The molecule has 0 aromatic carbocycles. The first-order chi connectivity index (χ1) is 8.37. The van der Waals surface area contributed by atoms with Crippen molar-refractivity contribution in [2.45, 2.75) is 18.6 Å². The maximum Gasteiger partial charge on any atom is 0.415 e. The van der Waals surface area contributed by atoms with Gasteiger partial charge in [-0.15, -0.1) is 0 Å². The molecule has 0 saturated carbocycles. The van der Waals surface area contributed by atoms with Crippen molar-refractivity contribution in [2.75, 3.05) is 26.2 Å². The molecule has 0 spiro atoms. The highest BCUT2D eigenvalue weighted by molar-refractivity contribution is 7.86. The molecular formula is C8H15F3N4O3S. The van der Waals surface area contributed by atoms with Crippen molar-refractivity contribution in [1.29, 1.82) is 0 Å². The van der Waals surface area contributed by atoms with Crippen LogP contribution in [-0.2, 0) is 15.0 Å². The summed E-state index contributed by atoms with van der Waals surface area (Å²) in [4.78, 5) is 12.6. The molecule has 1 atom stereocenters. The van der Waals surface area contributed by atoms with Crippen LogP contribution >= 0.6 is 0 Å². The summed E-state index contributed by atoms with van der Waals surface area (Å²) in [6, 6.07) is 0. The Bertz CT molecular complexity index is 454. The third-order valence-corrected chi connectivity index (χ3v) is 4.00. The minimum absolute atomic E-state index is 0.154. The van der Waals surface area contributed by atoms with Crippen LogP contribution in [0.4, 0.5) is 13.2 Å². The molecule has 0 radical (unpaired) electrons. The Kier molecular flexibility index (Phi) is 4.15. The summed E-state index contributed by atoms with van der Waals surface area (Å²) < 4.78 is 60.7. The predicted molar refractivity (Wildman–Crippen MR) is 59.9 cm³/mol. The summed E-state index contributed by atoms with van der Waals surface area (Å²) in [7, 11) is -3.90. The molecule has 7 nitrogen and oxygen atoms in total. The van der Waals surface area contributed by atoms with E-state index in [-0.39, 0.29) is 26.2 Å². The van der Waals surface area contributed by atoms with E-state index >= 15 is 0 Å². The summed E-state index contributed by atoms with van der Waals surface area (Å²) in [5.74, 6) is -1.28. The minimum atomic E-state index is -4.87. The molecule has 0 aromatic heterocycles. The number of piperazine rings is 1. The van der Waals surface area contributed by atoms with Gasteiger partial charge < -0.3 is 10.6 Å². The SMILES string of the molecule is CC(N)(C(=O)N1CCN(S(N)(=O)=O)CC1)C(F)(F)F. The van der Waals surface area contributed by atoms with E-state index in [9.17, 15) is 26.4 Å². The Morgan fingerprint density at radius 1 is 1.16 bits per heavy atom. The van der Waals surface area contributed by atoms with Crippen LogP contribution in [0.3, 0.4) is 0 Å². The van der Waals surface area contributed by atoms with E-state index in [2.05, 4.69) is 0 Å². The lowest BCUT2D eigenvalue weighted by Crippen LogP contribution is -2.65. The average Bonchev–Trinajstić information content (AvgIpc) is 2.25. The van der Waals surface area contributed by atoms with Gasteiger partial charge in [-0.3, -0.25) is 4.79 Å². The zero-order valence-electron chi connectivity index (χ0n) is 10.1. The molecule has 11 heteroatoms. The zero-order chi connectivity index (χ0) is 15.1. The van der Waals surface area contributed by atoms with Crippen molar-refractivity contribution in [1.82, 2.24) is 9.21 Å². The largest absolute Gasteiger partial charge is 0.415 e. The van der Waals surface area contributed by atoms with E-state index in [0.29, 0.717) is 6.92 Å². The van der Waals surface area contributed by atoms with Crippen LogP contribution in [0.2, 0.25) is 0 Å². The molecule has 1 amide bonds. The third-order valence-electron chi connectivity index (χ3n) is 2.92. The predicted octanol–water partition coefficient (Wildman–Crippen LogP) is -1.39. The molecule has 0 aromatic rings. The topological polar surface area (TPSA) is 110 Å². The average molecular weight is 304 g/mol. The van der Waals surface area contributed by atoms with Gasteiger partial charge in [-0.25, -0.2) is 5.14 Å². The van der Waals surface area contributed by atoms with Gasteiger partial charge in [0.05, 0.1) is 0 Å². The summed E-state index contributed by atoms with van der Waals surface area (Å²) >= 11 is 0. The van der Waals surface area contributed by atoms with Crippen molar-refractivity contribution < 1.29 is 26.4 Å². The number of hydrogen-bond donors (Lipinski definition) is 2. The number of nitrogens with zero attached hydrogens (tertiary/aromatic N) is 2. The number of hydrogen-bond acceptors (Lipinski definition) is 4. The maximum absolute atomic E-state index is 12.6. The number of carbonyl (C=O) groups is 1. The number of nitrogens with two attached hydrogens (primary N) is 2. The molecule has 0 bridgehead atoms. The van der Waals surface area contributed by atoms with Gasteiger partial charge >= 0.3 is 6.18 Å². The summed E-state index contributed by atoms with van der Waals surface area (Å²) in [5.41, 5.74) is 2.03. The maximum atomic E-state index is 12.6. The van der Waals surface area contributed by atoms with Gasteiger partial charge in [0.25, 0.3) is 16.1 Å². The van der Waals surface area contributed by atoms with Gasteiger partial charge in [-0.05, 0) is 6.92 Å². The second-order valence-electron chi connectivity index (χ2n) is 4.44. The quantitative estimate of drug-likeness (QED) is 0.654. The number of rotatable bonds is 2. The zero-order valence-corrected chi connectivity index (χ0v) is 11.0. The van der Waals surface area contributed by atoms with Gasteiger partial charge in [0, 0.05) is 26.2 Å². The van der Waals surface area contributed by atoms with E-state index in [0.717, 1.165) is 9.21 Å². The number of carbonyl (C=O) groups excluding carboxylic acids is 1. The second kappa shape index (κ2) is 4.89. The first-order valence-electron chi connectivity index (χ1n) is 5.30. The summed E-state index contributed by atoms with van der Waals surface area (Å²) in [6.45, 7) is -0.0886. The van der Waals surface area contributed by atoms with E-state index in [1.54, 1.807) is 0 Å². The number of alkyl halides is 3. The lowest BCUT2D eigenvalue weighted by molar-refractivity contribution is -0.194. The Hall–Kier alpha value is -0.910. The van der Waals surface area contributed by atoms with Crippen molar-refractivity contribution >= 4 is 16.1 Å². The van der Waals surface area contributed by atoms with Crippen LogP contribution in [0.1, 0.15) is 6.92 Å². The fourth-order valence-corrected chi connectivity index (χ4v) is 2.27. The highest BCUT2D eigenvalue weighted by Gasteiger charge is 2.55. The highest BCUT2D eigenvalue weighted by Crippen LogP contribution is 2.29. The Morgan fingerprint density at radius 2 is 1.58 bits per heavy atom. The number of amides is 1. The standard InChI is InChI=1S/C8H15F3N4O3S/c1-7(12,8(9,10)11)6(16)14-2-4-15(5-3-14)19(13,17)18/h2-5,12H2,1H3,(H2,13,17,18). The van der Waals surface area contributed by atoms with Crippen LogP contribution in [0, 0.1) is 0 Å². The van der Waals surface area contributed by atoms with Gasteiger partial charge in [0.15, 0.2) is 5.54 Å². The minimum Gasteiger partial charge on any atom is -0.338 e. The fourth-order valence-electron chi connectivity index (χ4n) is 1.60. The third kappa shape index (κ3) is 3.35. The number of halogens is 3. The fraction of sp³-hybridized carbons (Fsp3) is 0.875. The summed E-state index contributed by atoms with van der Waals surface area (Å²) in [6.07, 6.45) is -4.87. The van der Waals surface area contributed by atoms with E-state index in [1.165, 1.54) is 0 Å². The molecular weight excluding hydrogens is 289 g/mol. The van der Waals surface area contributed by atoms with Gasteiger partial charge in [0.1, 0.15) is 0 Å². The van der Waals surface area contributed by atoms with Gasteiger partial charge in [-0.2, -0.15) is 25.9 Å². The molecule has 112 valence electrons. The van der Waals surface area contributed by atoms with Crippen molar-refractivity contribution in [3.05, 3.63) is 0 Å².